The zero-order valence-corrected chi connectivity index (χ0v) is 15.5. The van der Waals surface area contributed by atoms with Crippen LogP contribution in [0.2, 0.25) is 0 Å². The average molecular weight is 375 g/mol. The molecule has 0 saturated carbocycles. The Kier molecular flexibility index (Phi) is 4.57. The highest BCUT2D eigenvalue weighted by atomic mass is 16.5. The summed E-state index contributed by atoms with van der Waals surface area (Å²) in [6.07, 6.45) is 1.43. The zero-order chi connectivity index (χ0) is 19.7. The summed E-state index contributed by atoms with van der Waals surface area (Å²) < 4.78 is 7.76. The largest absolute Gasteiger partial charge is 0.489 e. The number of ether oxygens (including phenoxy) is 1. The lowest BCUT2D eigenvalue weighted by molar-refractivity contribution is -0.121. The van der Waals surface area contributed by atoms with Gasteiger partial charge in [-0.3, -0.25) is 4.79 Å². The third kappa shape index (κ3) is 3.22. The second-order valence-electron chi connectivity index (χ2n) is 6.82. The number of aryl methyl sites for hydroxylation is 1. The van der Waals surface area contributed by atoms with E-state index in [2.05, 4.69) is 22.0 Å². The Morgan fingerprint density at radius 1 is 1.25 bits per heavy atom. The van der Waals surface area contributed by atoms with Gasteiger partial charge in [0.15, 0.2) is 0 Å². The zero-order valence-electron chi connectivity index (χ0n) is 15.5. The number of carbonyl (C=O) groups is 1. The molecule has 1 amide bonds. The number of fused-ring (bicyclic) bond motifs is 1. The molecule has 2 atom stereocenters. The van der Waals surface area contributed by atoms with E-state index in [-0.39, 0.29) is 0 Å². The highest BCUT2D eigenvalue weighted by Gasteiger charge is 2.39. The normalized spacial score (nSPS) is 18.2. The number of nitrogens with one attached hydrogen (secondary N) is 1. The Labute approximate surface area is 162 Å². The van der Waals surface area contributed by atoms with Gasteiger partial charge in [0.2, 0.25) is 11.9 Å². The van der Waals surface area contributed by atoms with Gasteiger partial charge < -0.3 is 15.8 Å². The number of para-hydroxylation sites is 1. The smallest absolute Gasteiger partial charge is 0.229 e. The Hall–Kier alpha value is -3.61. The molecule has 142 valence electrons. The highest BCUT2D eigenvalue weighted by Crippen LogP contribution is 2.40. The number of anilines is 1. The summed E-state index contributed by atoms with van der Waals surface area (Å²) in [6.45, 7) is 6.43. The predicted molar refractivity (Wildman–Crippen MR) is 106 cm³/mol. The first-order valence-electron chi connectivity index (χ1n) is 8.96. The molecule has 2 aromatic carbocycles. The van der Waals surface area contributed by atoms with Crippen LogP contribution >= 0.6 is 0 Å². The van der Waals surface area contributed by atoms with Crippen molar-refractivity contribution in [3.05, 3.63) is 83.8 Å². The number of primary amides is 1. The van der Waals surface area contributed by atoms with E-state index in [1.807, 2.05) is 55.5 Å². The van der Waals surface area contributed by atoms with Crippen molar-refractivity contribution in [1.82, 2.24) is 14.8 Å². The van der Waals surface area contributed by atoms with Crippen molar-refractivity contribution in [2.75, 3.05) is 5.32 Å². The van der Waals surface area contributed by atoms with E-state index in [0.717, 1.165) is 11.1 Å². The van der Waals surface area contributed by atoms with Crippen molar-refractivity contribution < 1.29 is 9.53 Å². The van der Waals surface area contributed by atoms with Crippen molar-refractivity contribution >= 4 is 11.9 Å². The molecule has 0 unspecified atom stereocenters. The molecule has 4 rings (SSSR count). The highest BCUT2D eigenvalue weighted by molar-refractivity contribution is 5.82. The van der Waals surface area contributed by atoms with Crippen LogP contribution in [0.4, 0.5) is 5.95 Å². The molecule has 28 heavy (non-hydrogen) atoms. The average Bonchev–Trinajstić information content (AvgIpc) is 3.14. The summed E-state index contributed by atoms with van der Waals surface area (Å²) in [5, 5.41) is 7.30. The number of nitrogens with two attached hydrogens (primary N) is 1. The molecule has 1 aliphatic heterocycles. The minimum Gasteiger partial charge on any atom is -0.489 e. The molecule has 0 radical (unpaired) electrons. The van der Waals surface area contributed by atoms with Crippen LogP contribution in [0.3, 0.4) is 0 Å². The van der Waals surface area contributed by atoms with Gasteiger partial charge in [-0.05, 0) is 18.6 Å². The van der Waals surface area contributed by atoms with Crippen molar-refractivity contribution in [2.24, 2.45) is 11.7 Å². The van der Waals surface area contributed by atoms with Crippen LogP contribution in [-0.4, -0.2) is 20.7 Å². The van der Waals surface area contributed by atoms with Gasteiger partial charge in [-0.2, -0.15) is 10.1 Å². The van der Waals surface area contributed by atoms with E-state index >= 15 is 0 Å². The van der Waals surface area contributed by atoms with E-state index in [1.165, 1.54) is 11.9 Å². The number of nitrogens with zero attached hydrogens (tertiary/aromatic N) is 3. The monoisotopic (exact) mass is 375 g/mol. The molecular formula is C21H21N5O2. The molecule has 7 heteroatoms. The third-order valence-corrected chi connectivity index (χ3v) is 4.86. The maximum absolute atomic E-state index is 12.2. The second-order valence-corrected chi connectivity index (χ2v) is 6.82. The molecule has 3 N–H and O–H groups in total. The Morgan fingerprint density at radius 2 is 2.00 bits per heavy atom. The fraction of sp³-hybridized carbons (Fsp3) is 0.190. The second kappa shape index (κ2) is 7.19. The van der Waals surface area contributed by atoms with Crippen LogP contribution in [0.25, 0.3) is 0 Å². The molecule has 7 nitrogen and oxygen atoms in total. The standard InChI is InChI=1S/C21H21N5O2/c1-13-7-9-15(10-8-13)11-28-17-6-4-3-5-16(17)19-18(20(22)27)14(2)25-21-23-12-24-26(19)21/h3-10,12,18-19H,2,11H2,1H3,(H2,22,27)(H,23,24,25)/t18-,19+/m0/s1. The number of carbonyl (C=O) groups excluding carboxylic acids is 1. The maximum Gasteiger partial charge on any atom is 0.229 e. The Bertz CT molecular complexity index is 1030. The summed E-state index contributed by atoms with van der Waals surface area (Å²) in [4.78, 5) is 16.4. The van der Waals surface area contributed by atoms with E-state index in [0.29, 0.717) is 24.0 Å². The number of rotatable bonds is 5. The molecule has 0 fully saturated rings. The molecule has 0 spiro atoms. The summed E-state index contributed by atoms with van der Waals surface area (Å²) in [6, 6.07) is 15.3. The molecular weight excluding hydrogens is 354 g/mol. The first-order chi connectivity index (χ1) is 13.5. The van der Waals surface area contributed by atoms with Crippen molar-refractivity contribution in [3.63, 3.8) is 0 Å². The van der Waals surface area contributed by atoms with Gasteiger partial charge in [-0.15, -0.1) is 0 Å². The molecule has 3 aromatic rings. The first kappa shape index (κ1) is 17.8. The van der Waals surface area contributed by atoms with Gasteiger partial charge in [0.05, 0.1) is 0 Å². The van der Waals surface area contributed by atoms with Gasteiger partial charge in [0.25, 0.3) is 0 Å². The van der Waals surface area contributed by atoms with Crippen LogP contribution in [0.5, 0.6) is 5.75 Å². The van der Waals surface area contributed by atoms with Gasteiger partial charge in [0, 0.05) is 11.3 Å². The van der Waals surface area contributed by atoms with Crippen LogP contribution in [0.15, 0.2) is 67.1 Å². The molecule has 0 aliphatic carbocycles. The lowest BCUT2D eigenvalue weighted by atomic mass is 9.88. The number of hydrogen-bond acceptors (Lipinski definition) is 5. The Balaban J connectivity index is 1.71. The minimum atomic E-state index is -0.682. The van der Waals surface area contributed by atoms with Gasteiger partial charge >= 0.3 is 0 Å². The molecule has 0 bridgehead atoms. The summed E-state index contributed by atoms with van der Waals surface area (Å²) >= 11 is 0. The lowest BCUT2D eigenvalue weighted by Crippen LogP contribution is -2.40. The van der Waals surface area contributed by atoms with Gasteiger partial charge in [0.1, 0.15) is 30.6 Å². The number of aromatic nitrogens is 3. The van der Waals surface area contributed by atoms with Crippen molar-refractivity contribution in [2.45, 2.75) is 19.6 Å². The number of hydrogen-bond donors (Lipinski definition) is 2. The first-order valence-corrected chi connectivity index (χ1v) is 8.96. The molecule has 1 aromatic heterocycles. The van der Waals surface area contributed by atoms with Gasteiger partial charge in [-0.25, -0.2) is 4.68 Å². The number of benzene rings is 2. The van der Waals surface area contributed by atoms with Crippen LogP contribution in [-0.2, 0) is 11.4 Å². The quantitative estimate of drug-likeness (QED) is 0.715. The third-order valence-electron chi connectivity index (χ3n) is 4.86. The van der Waals surface area contributed by atoms with Crippen LogP contribution in [0, 0.1) is 12.8 Å². The molecule has 2 heterocycles. The van der Waals surface area contributed by atoms with Crippen molar-refractivity contribution in [1.29, 1.82) is 0 Å². The van der Waals surface area contributed by atoms with E-state index in [4.69, 9.17) is 10.5 Å². The summed E-state index contributed by atoms with van der Waals surface area (Å²) in [5.41, 5.74) is 9.24. The predicted octanol–water partition coefficient (Wildman–Crippen LogP) is 2.80. The maximum atomic E-state index is 12.2. The molecule has 0 saturated heterocycles. The van der Waals surface area contributed by atoms with E-state index < -0.39 is 17.9 Å². The summed E-state index contributed by atoms with van der Waals surface area (Å²) in [5.74, 6) is 0.00613. The molecule has 1 aliphatic rings. The van der Waals surface area contributed by atoms with Crippen LogP contribution < -0.4 is 15.8 Å². The van der Waals surface area contributed by atoms with Gasteiger partial charge in [-0.1, -0.05) is 54.6 Å². The minimum absolute atomic E-state index is 0.411. The Morgan fingerprint density at radius 3 is 2.75 bits per heavy atom. The fourth-order valence-electron chi connectivity index (χ4n) is 3.44. The summed E-state index contributed by atoms with van der Waals surface area (Å²) in [7, 11) is 0. The SMILES string of the molecule is C=C1Nc2ncnn2[C@H](c2ccccc2OCc2ccc(C)cc2)[C@H]1C(N)=O. The van der Waals surface area contributed by atoms with Crippen LogP contribution in [0.1, 0.15) is 22.7 Å². The number of amides is 1. The van der Waals surface area contributed by atoms with Crippen molar-refractivity contribution in [3.8, 4) is 5.75 Å². The van der Waals surface area contributed by atoms with E-state index in [1.54, 1.807) is 4.68 Å². The van der Waals surface area contributed by atoms with E-state index in [9.17, 15) is 4.79 Å². The topological polar surface area (TPSA) is 95.1 Å². The fourth-order valence-corrected chi connectivity index (χ4v) is 3.44. The lowest BCUT2D eigenvalue weighted by Gasteiger charge is -2.33.